The molecular weight excluding hydrogens is 136 g/mol. The molecule has 0 aromatic carbocycles. The van der Waals surface area contributed by atoms with Gasteiger partial charge in [0.25, 0.3) is 0 Å². The van der Waals surface area contributed by atoms with Gasteiger partial charge in [-0.1, -0.05) is 26.7 Å². The number of nitrogens with two attached hydrogens (primary N) is 1. The van der Waals surface area contributed by atoms with E-state index in [1.807, 2.05) is 0 Å². The Morgan fingerprint density at radius 2 is 2.00 bits per heavy atom. The van der Waals surface area contributed by atoms with Crippen molar-refractivity contribution < 1.29 is 0 Å². The van der Waals surface area contributed by atoms with Crippen LogP contribution in [0.25, 0.3) is 0 Å². The minimum atomic E-state index is 0.411. The zero-order valence-corrected chi connectivity index (χ0v) is 7.90. The zero-order valence-electron chi connectivity index (χ0n) is 7.90. The molecule has 3 N–H and O–H groups in total. The van der Waals surface area contributed by atoms with Crippen LogP contribution >= 0.6 is 0 Å². The largest absolute Gasteiger partial charge is 0.328 e. The minimum absolute atomic E-state index is 0.411. The molecule has 2 heteroatoms. The van der Waals surface area contributed by atoms with E-state index in [-0.39, 0.29) is 0 Å². The van der Waals surface area contributed by atoms with Crippen LogP contribution in [0.5, 0.6) is 0 Å². The molecule has 0 spiro atoms. The second-order valence-electron chi connectivity index (χ2n) is 3.04. The fourth-order valence-electron chi connectivity index (χ4n) is 1.07. The van der Waals surface area contributed by atoms with Crippen LogP contribution in [0.15, 0.2) is 0 Å². The highest BCUT2D eigenvalue weighted by Crippen LogP contribution is 2.00. The molecule has 0 bridgehead atoms. The van der Waals surface area contributed by atoms with Crippen molar-refractivity contribution >= 4 is 0 Å². The Labute approximate surface area is 70.5 Å². The Hall–Kier alpha value is -0.0800. The summed E-state index contributed by atoms with van der Waals surface area (Å²) in [5, 5.41) is 3.28. The molecular formula is C9H22N2. The van der Waals surface area contributed by atoms with Gasteiger partial charge in [-0.15, -0.1) is 0 Å². The molecule has 11 heavy (non-hydrogen) atoms. The molecule has 0 aromatic heterocycles. The fourth-order valence-corrected chi connectivity index (χ4v) is 1.07. The lowest BCUT2D eigenvalue weighted by Gasteiger charge is -2.10. The summed E-state index contributed by atoms with van der Waals surface area (Å²) in [5.74, 6) is 0. The molecule has 0 saturated heterocycles. The van der Waals surface area contributed by atoms with E-state index in [4.69, 9.17) is 5.73 Å². The van der Waals surface area contributed by atoms with Crippen molar-refractivity contribution in [2.24, 2.45) is 5.73 Å². The van der Waals surface area contributed by atoms with Gasteiger partial charge in [0, 0.05) is 6.04 Å². The van der Waals surface area contributed by atoms with E-state index in [0.29, 0.717) is 6.04 Å². The summed E-state index contributed by atoms with van der Waals surface area (Å²) in [4.78, 5) is 0. The maximum absolute atomic E-state index is 5.86. The Bertz CT molecular complexity index is 74.0. The van der Waals surface area contributed by atoms with Gasteiger partial charge in [-0.3, -0.25) is 0 Å². The molecule has 2 nitrogen and oxygen atoms in total. The molecule has 0 saturated carbocycles. The number of hydrogen-bond donors (Lipinski definition) is 2. The molecule has 0 amide bonds. The number of rotatable bonds is 7. The Balaban J connectivity index is 3.02. The molecule has 68 valence electrons. The van der Waals surface area contributed by atoms with Crippen molar-refractivity contribution in [3.05, 3.63) is 0 Å². The molecule has 0 aliphatic carbocycles. The third-order valence-corrected chi connectivity index (χ3v) is 1.87. The Kier molecular flexibility index (Phi) is 7.96. The summed E-state index contributed by atoms with van der Waals surface area (Å²) in [5.41, 5.74) is 5.86. The van der Waals surface area contributed by atoms with E-state index >= 15 is 0 Å². The standard InChI is InChI=1S/C9H22N2/c1-3-5-6-9(10)7-8-11-4-2/h9,11H,3-8,10H2,1-2H3. The van der Waals surface area contributed by atoms with Crippen molar-refractivity contribution in [2.45, 2.75) is 45.6 Å². The number of hydrogen-bond acceptors (Lipinski definition) is 2. The van der Waals surface area contributed by atoms with Gasteiger partial charge < -0.3 is 11.1 Å². The third kappa shape index (κ3) is 7.82. The first-order chi connectivity index (χ1) is 5.31. The first-order valence-corrected chi connectivity index (χ1v) is 4.77. The van der Waals surface area contributed by atoms with Crippen LogP contribution in [0, 0.1) is 0 Å². The van der Waals surface area contributed by atoms with E-state index in [2.05, 4.69) is 19.2 Å². The van der Waals surface area contributed by atoms with Gasteiger partial charge in [0.1, 0.15) is 0 Å². The smallest absolute Gasteiger partial charge is 0.00509 e. The lowest BCUT2D eigenvalue weighted by Crippen LogP contribution is -2.26. The van der Waals surface area contributed by atoms with Crippen LogP contribution in [0.1, 0.15) is 39.5 Å². The van der Waals surface area contributed by atoms with Crippen LogP contribution in [0.2, 0.25) is 0 Å². The van der Waals surface area contributed by atoms with Gasteiger partial charge in [0.15, 0.2) is 0 Å². The van der Waals surface area contributed by atoms with Crippen molar-refractivity contribution in [1.29, 1.82) is 0 Å². The average Bonchev–Trinajstić information content (AvgIpc) is 2.01. The highest BCUT2D eigenvalue weighted by atomic mass is 14.8. The second-order valence-corrected chi connectivity index (χ2v) is 3.04. The lowest BCUT2D eigenvalue weighted by atomic mass is 10.1. The second kappa shape index (κ2) is 8.02. The van der Waals surface area contributed by atoms with E-state index in [1.165, 1.54) is 19.3 Å². The van der Waals surface area contributed by atoms with Crippen molar-refractivity contribution in [1.82, 2.24) is 5.32 Å². The zero-order chi connectivity index (χ0) is 8.53. The molecule has 0 fully saturated rings. The monoisotopic (exact) mass is 158 g/mol. The normalized spacial score (nSPS) is 13.4. The molecule has 1 atom stereocenters. The molecule has 0 aromatic rings. The molecule has 0 aliphatic rings. The van der Waals surface area contributed by atoms with Crippen molar-refractivity contribution in [3.63, 3.8) is 0 Å². The van der Waals surface area contributed by atoms with Crippen LogP contribution in [0.3, 0.4) is 0 Å². The number of unbranched alkanes of at least 4 members (excludes halogenated alkanes) is 1. The van der Waals surface area contributed by atoms with Crippen LogP contribution in [-0.4, -0.2) is 19.1 Å². The van der Waals surface area contributed by atoms with Crippen LogP contribution in [0.4, 0.5) is 0 Å². The van der Waals surface area contributed by atoms with Crippen LogP contribution in [-0.2, 0) is 0 Å². The minimum Gasteiger partial charge on any atom is -0.328 e. The Morgan fingerprint density at radius 3 is 2.55 bits per heavy atom. The van der Waals surface area contributed by atoms with Crippen LogP contribution < -0.4 is 11.1 Å². The third-order valence-electron chi connectivity index (χ3n) is 1.87. The molecule has 0 rings (SSSR count). The van der Waals surface area contributed by atoms with E-state index in [0.717, 1.165) is 19.5 Å². The predicted molar refractivity (Wildman–Crippen MR) is 50.7 cm³/mol. The van der Waals surface area contributed by atoms with Crippen molar-refractivity contribution in [3.8, 4) is 0 Å². The van der Waals surface area contributed by atoms with Gasteiger partial charge in [0.05, 0.1) is 0 Å². The maximum Gasteiger partial charge on any atom is 0.00509 e. The molecule has 1 unspecified atom stereocenters. The van der Waals surface area contributed by atoms with E-state index < -0.39 is 0 Å². The summed E-state index contributed by atoms with van der Waals surface area (Å²) < 4.78 is 0. The summed E-state index contributed by atoms with van der Waals surface area (Å²) in [6, 6.07) is 0.411. The van der Waals surface area contributed by atoms with Crippen molar-refractivity contribution in [2.75, 3.05) is 13.1 Å². The molecule has 0 radical (unpaired) electrons. The molecule has 0 heterocycles. The fraction of sp³-hybridized carbons (Fsp3) is 1.00. The Morgan fingerprint density at radius 1 is 1.27 bits per heavy atom. The van der Waals surface area contributed by atoms with Gasteiger partial charge in [-0.05, 0) is 25.9 Å². The van der Waals surface area contributed by atoms with E-state index in [9.17, 15) is 0 Å². The van der Waals surface area contributed by atoms with Gasteiger partial charge in [0.2, 0.25) is 0 Å². The summed E-state index contributed by atoms with van der Waals surface area (Å²) in [6.45, 7) is 6.45. The lowest BCUT2D eigenvalue weighted by molar-refractivity contribution is 0.519. The predicted octanol–water partition coefficient (Wildman–Crippen LogP) is 1.50. The maximum atomic E-state index is 5.86. The quantitative estimate of drug-likeness (QED) is 0.551. The van der Waals surface area contributed by atoms with Gasteiger partial charge >= 0.3 is 0 Å². The first-order valence-electron chi connectivity index (χ1n) is 4.77. The van der Waals surface area contributed by atoms with Gasteiger partial charge in [-0.25, -0.2) is 0 Å². The highest BCUT2D eigenvalue weighted by Gasteiger charge is 1.99. The van der Waals surface area contributed by atoms with E-state index in [1.54, 1.807) is 0 Å². The average molecular weight is 158 g/mol. The summed E-state index contributed by atoms with van der Waals surface area (Å²) in [7, 11) is 0. The SMILES string of the molecule is CCCCC(N)CCNCC. The molecule has 0 aliphatic heterocycles. The summed E-state index contributed by atoms with van der Waals surface area (Å²) in [6.07, 6.45) is 4.83. The highest BCUT2D eigenvalue weighted by molar-refractivity contribution is 4.61. The number of nitrogens with one attached hydrogen (secondary N) is 1. The topological polar surface area (TPSA) is 38.0 Å². The summed E-state index contributed by atoms with van der Waals surface area (Å²) >= 11 is 0. The first kappa shape index (κ1) is 10.9. The van der Waals surface area contributed by atoms with Gasteiger partial charge in [-0.2, -0.15) is 0 Å².